The van der Waals surface area contributed by atoms with Crippen LogP contribution >= 0.6 is 0 Å². The van der Waals surface area contributed by atoms with Crippen LogP contribution in [0.15, 0.2) is 36.4 Å². The summed E-state index contributed by atoms with van der Waals surface area (Å²) in [4.78, 5) is 16.3. The number of nitrogens with one attached hydrogen (secondary N) is 1. The van der Waals surface area contributed by atoms with Gasteiger partial charge in [-0.1, -0.05) is 26.0 Å². The number of rotatable bonds is 6. The zero-order chi connectivity index (χ0) is 17.5. The minimum absolute atomic E-state index is 0.0152. The molecular formula is C19H26FN3O. The normalized spacial score (nSPS) is 16.1. The summed E-state index contributed by atoms with van der Waals surface area (Å²) in [5.74, 6) is -0.0829. The summed E-state index contributed by atoms with van der Waals surface area (Å²) in [6.07, 6.45) is 4.00. The van der Waals surface area contributed by atoms with Gasteiger partial charge in [0, 0.05) is 44.5 Å². The third-order valence-electron chi connectivity index (χ3n) is 4.34. The summed E-state index contributed by atoms with van der Waals surface area (Å²) in [7, 11) is 0. The van der Waals surface area contributed by atoms with E-state index < -0.39 is 0 Å². The number of halogens is 1. The molecule has 1 fully saturated rings. The summed E-state index contributed by atoms with van der Waals surface area (Å²) in [6, 6.07) is 6.63. The van der Waals surface area contributed by atoms with Crippen molar-refractivity contribution in [2.75, 3.05) is 32.7 Å². The van der Waals surface area contributed by atoms with Gasteiger partial charge in [0.2, 0.25) is 5.91 Å². The molecule has 5 heteroatoms. The predicted molar refractivity (Wildman–Crippen MR) is 94.8 cm³/mol. The molecule has 24 heavy (non-hydrogen) atoms. The van der Waals surface area contributed by atoms with E-state index in [0.29, 0.717) is 18.8 Å². The van der Waals surface area contributed by atoms with E-state index in [4.69, 9.17) is 5.41 Å². The molecule has 1 aromatic carbocycles. The van der Waals surface area contributed by atoms with Gasteiger partial charge >= 0.3 is 0 Å². The van der Waals surface area contributed by atoms with Crippen molar-refractivity contribution in [3.05, 3.63) is 47.8 Å². The Bertz CT molecular complexity index is 587. The molecule has 1 saturated heterocycles. The van der Waals surface area contributed by atoms with Gasteiger partial charge in [0.15, 0.2) is 0 Å². The van der Waals surface area contributed by atoms with Crippen LogP contribution in [0, 0.1) is 17.1 Å². The monoisotopic (exact) mass is 331 g/mol. The van der Waals surface area contributed by atoms with Crippen LogP contribution in [0.3, 0.4) is 0 Å². The van der Waals surface area contributed by atoms with Gasteiger partial charge in [0.05, 0.1) is 0 Å². The molecular weight excluding hydrogens is 305 g/mol. The van der Waals surface area contributed by atoms with Gasteiger partial charge in [0.1, 0.15) is 5.82 Å². The molecule has 1 N–H and O–H groups in total. The van der Waals surface area contributed by atoms with Crippen molar-refractivity contribution in [1.82, 2.24) is 9.80 Å². The van der Waals surface area contributed by atoms with Crippen molar-refractivity contribution in [3.63, 3.8) is 0 Å². The maximum Gasteiger partial charge on any atom is 0.246 e. The number of allylic oxidation sites excluding steroid dienone is 1. The van der Waals surface area contributed by atoms with Crippen molar-refractivity contribution < 1.29 is 9.18 Å². The molecule has 0 aromatic heterocycles. The predicted octanol–water partition coefficient (Wildman–Crippen LogP) is 2.74. The Labute approximate surface area is 143 Å². The summed E-state index contributed by atoms with van der Waals surface area (Å²) in [6.45, 7) is 7.92. The molecule has 2 rings (SSSR count). The van der Waals surface area contributed by atoms with Crippen molar-refractivity contribution in [3.8, 4) is 0 Å². The maximum absolute atomic E-state index is 12.9. The number of nitrogens with zero attached hydrogens (tertiary/aromatic N) is 2. The highest BCUT2D eigenvalue weighted by Crippen LogP contribution is 2.08. The smallest absolute Gasteiger partial charge is 0.246 e. The topological polar surface area (TPSA) is 47.4 Å². The standard InChI is InChI=1S/C19H26FN3O/c1-15(2)18(21)7-8-19(24)23-13-11-22(12-14-23)10-9-16-3-5-17(20)6-4-16/h3-8,15,21H,9-14H2,1-2H3/b8-7+,21-18?. The first kappa shape index (κ1) is 18.3. The fraction of sp³-hybridized carbons (Fsp3) is 0.474. The first-order chi connectivity index (χ1) is 11.5. The minimum Gasteiger partial charge on any atom is -0.337 e. The molecule has 1 aliphatic rings. The Morgan fingerprint density at radius 2 is 1.79 bits per heavy atom. The van der Waals surface area contributed by atoms with Crippen molar-refractivity contribution in [2.45, 2.75) is 20.3 Å². The van der Waals surface area contributed by atoms with Crippen LogP contribution in [-0.2, 0) is 11.2 Å². The van der Waals surface area contributed by atoms with Crippen LogP contribution in [0.4, 0.5) is 4.39 Å². The van der Waals surface area contributed by atoms with Gasteiger partial charge in [0.25, 0.3) is 0 Å². The van der Waals surface area contributed by atoms with Crippen LogP contribution < -0.4 is 0 Å². The maximum atomic E-state index is 12.9. The van der Waals surface area contributed by atoms with Gasteiger partial charge < -0.3 is 10.3 Å². The molecule has 0 atom stereocenters. The van der Waals surface area contributed by atoms with Gasteiger partial charge in [-0.2, -0.15) is 0 Å². The van der Waals surface area contributed by atoms with E-state index in [2.05, 4.69) is 4.90 Å². The lowest BCUT2D eigenvalue weighted by molar-refractivity contribution is -0.127. The molecule has 1 amide bonds. The van der Waals surface area contributed by atoms with E-state index in [9.17, 15) is 9.18 Å². The summed E-state index contributed by atoms with van der Waals surface area (Å²) in [5.41, 5.74) is 1.60. The Morgan fingerprint density at radius 1 is 1.17 bits per heavy atom. The quantitative estimate of drug-likeness (QED) is 0.644. The summed E-state index contributed by atoms with van der Waals surface area (Å²) < 4.78 is 12.9. The number of hydrogen-bond donors (Lipinski definition) is 1. The van der Waals surface area contributed by atoms with Gasteiger partial charge in [-0.3, -0.25) is 9.69 Å². The molecule has 0 unspecified atom stereocenters. The first-order valence-corrected chi connectivity index (χ1v) is 8.48. The van der Waals surface area contributed by atoms with Crippen molar-refractivity contribution >= 4 is 11.6 Å². The molecule has 1 aromatic rings. The van der Waals surface area contributed by atoms with E-state index in [0.717, 1.165) is 31.6 Å². The van der Waals surface area contributed by atoms with Crippen molar-refractivity contribution in [1.29, 1.82) is 5.41 Å². The lowest BCUT2D eigenvalue weighted by Gasteiger charge is -2.34. The van der Waals surface area contributed by atoms with E-state index in [1.54, 1.807) is 6.08 Å². The Balaban J connectivity index is 1.73. The van der Waals surface area contributed by atoms with E-state index in [1.807, 2.05) is 30.9 Å². The van der Waals surface area contributed by atoms with E-state index in [1.165, 1.54) is 18.2 Å². The van der Waals surface area contributed by atoms with Crippen LogP contribution in [-0.4, -0.2) is 54.1 Å². The molecule has 0 spiro atoms. The van der Waals surface area contributed by atoms with Crippen LogP contribution in [0.25, 0.3) is 0 Å². The number of carbonyl (C=O) groups excluding carboxylic acids is 1. The largest absolute Gasteiger partial charge is 0.337 e. The first-order valence-electron chi connectivity index (χ1n) is 8.48. The third-order valence-corrected chi connectivity index (χ3v) is 4.34. The Morgan fingerprint density at radius 3 is 2.38 bits per heavy atom. The number of hydrogen-bond acceptors (Lipinski definition) is 3. The Kier molecular flexibility index (Phi) is 6.67. The number of benzene rings is 1. The second-order valence-electron chi connectivity index (χ2n) is 6.49. The SMILES string of the molecule is CC(C)C(=N)/C=C/C(=O)N1CCN(CCc2ccc(F)cc2)CC1. The number of amides is 1. The van der Waals surface area contributed by atoms with Gasteiger partial charge in [-0.25, -0.2) is 4.39 Å². The van der Waals surface area contributed by atoms with Crippen LogP contribution in [0.1, 0.15) is 19.4 Å². The second kappa shape index (κ2) is 8.73. The summed E-state index contributed by atoms with van der Waals surface area (Å²) >= 11 is 0. The zero-order valence-corrected chi connectivity index (χ0v) is 14.5. The lowest BCUT2D eigenvalue weighted by Crippen LogP contribution is -2.48. The average Bonchev–Trinajstić information content (AvgIpc) is 2.59. The number of carbonyl (C=O) groups is 1. The molecule has 0 radical (unpaired) electrons. The van der Waals surface area contributed by atoms with E-state index in [-0.39, 0.29) is 17.6 Å². The van der Waals surface area contributed by atoms with Gasteiger partial charge in [-0.15, -0.1) is 0 Å². The van der Waals surface area contributed by atoms with Crippen molar-refractivity contribution in [2.24, 2.45) is 5.92 Å². The summed E-state index contributed by atoms with van der Waals surface area (Å²) in [5, 5.41) is 7.74. The third kappa shape index (κ3) is 5.57. The highest BCUT2D eigenvalue weighted by molar-refractivity contribution is 6.00. The Hall–Kier alpha value is -2.01. The highest BCUT2D eigenvalue weighted by Gasteiger charge is 2.19. The fourth-order valence-electron chi connectivity index (χ4n) is 2.59. The van der Waals surface area contributed by atoms with Crippen LogP contribution in [0.2, 0.25) is 0 Å². The molecule has 0 bridgehead atoms. The molecule has 0 saturated carbocycles. The minimum atomic E-state index is -0.204. The average molecular weight is 331 g/mol. The zero-order valence-electron chi connectivity index (χ0n) is 14.5. The molecule has 4 nitrogen and oxygen atoms in total. The molecule has 0 aliphatic carbocycles. The lowest BCUT2D eigenvalue weighted by atomic mass is 10.1. The van der Waals surface area contributed by atoms with E-state index >= 15 is 0 Å². The molecule has 1 heterocycles. The van der Waals surface area contributed by atoms with Gasteiger partial charge in [-0.05, 0) is 36.1 Å². The number of piperazine rings is 1. The fourth-order valence-corrected chi connectivity index (χ4v) is 2.59. The van der Waals surface area contributed by atoms with Crippen LogP contribution in [0.5, 0.6) is 0 Å². The second-order valence-corrected chi connectivity index (χ2v) is 6.49. The molecule has 1 aliphatic heterocycles. The highest BCUT2D eigenvalue weighted by atomic mass is 19.1. The molecule has 130 valence electrons.